The summed E-state index contributed by atoms with van der Waals surface area (Å²) in [5.41, 5.74) is 2.38. The Hall–Kier alpha value is -3.00. The molecule has 0 atom stereocenters. The first kappa shape index (κ1) is 17.8. The molecule has 0 unspecified atom stereocenters. The molecule has 0 spiro atoms. The summed E-state index contributed by atoms with van der Waals surface area (Å²) in [6.45, 7) is 3.15. The molecule has 2 aromatic carbocycles. The van der Waals surface area contributed by atoms with Crippen LogP contribution in [0.5, 0.6) is 5.75 Å². The minimum atomic E-state index is -3.76. The number of para-hydroxylation sites is 2. The normalized spacial score (nSPS) is 11.2. The summed E-state index contributed by atoms with van der Waals surface area (Å²) in [6, 6.07) is 14.4. The van der Waals surface area contributed by atoms with Crippen LogP contribution >= 0.6 is 0 Å². The van der Waals surface area contributed by atoms with Gasteiger partial charge in [-0.2, -0.15) is 0 Å². The van der Waals surface area contributed by atoms with Gasteiger partial charge >= 0.3 is 0 Å². The van der Waals surface area contributed by atoms with Crippen LogP contribution in [0.25, 0.3) is 0 Å². The average molecular weight is 373 g/mol. The van der Waals surface area contributed by atoms with Crippen molar-refractivity contribution in [1.29, 1.82) is 0 Å². The van der Waals surface area contributed by atoms with Gasteiger partial charge in [0.25, 0.3) is 10.0 Å². The standard InChI is InChI=1S/C18H19N3O4S/c1-12-18(13(2)25-20-12)26(22,23)21-15-10-8-14(9-11-15)19-16-6-4-5-7-17(16)24-3/h4-11,19,21H,1-3H3. The summed E-state index contributed by atoms with van der Waals surface area (Å²) in [4.78, 5) is 0.0636. The molecule has 3 aromatic rings. The van der Waals surface area contributed by atoms with E-state index in [1.165, 1.54) is 0 Å². The number of ether oxygens (including phenoxy) is 1. The number of aryl methyl sites for hydroxylation is 2. The maximum Gasteiger partial charge on any atom is 0.267 e. The van der Waals surface area contributed by atoms with E-state index in [2.05, 4.69) is 15.2 Å². The lowest BCUT2D eigenvalue weighted by molar-refractivity contribution is 0.390. The third kappa shape index (κ3) is 3.65. The van der Waals surface area contributed by atoms with E-state index < -0.39 is 10.0 Å². The second-order valence-corrected chi connectivity index (χ2v) is 7.28. The van der Waals surface area contributed by atoms with E-state index >= 15 is 0 Å². The highest BCUT2D eigenvalue weighted by Crippen LogP contribution is 2.28. The van der Waals surface area contributed by atoms with Gasteiger partial charge in [0.1, 0.15) is 11.4 Å². The third-order valence-corrected chi connectivity index (χ3v) is 5.38. The van der Waals surface area contributed by atoms with Gasteiger partial charge in [-0.3, -0.25) is 4.72 Å². The first-order valence-corrected chi connectivity index (χ1v) is 9.35. The van der Waals surface area contributed by atoms with Crippen LogP contribution in [0.3, 0.4) is 0 Å². The van der Waals surface area contributed by atoms with Crippen LogP contribution in [0, 0.1) is 13.8 Å². The Balaban J connectivity index is 1.78. The molecule has 136 valence electrons. The van der Waals surface area contributed by atoms with Crippen LogP contribution in [0.4, 0.5) is 17.1 Å². The van der Waals surface area contributed by atoms with Crippen molar-refractivity contribution in [2.75, 3.05) is 17.1 Å². The molecule has 2 N–H and O–H groups in total. The van der Waals surface area contributed by atoms with E-state index in [9.17, 15) is 8.42 Å². The fourth-order valence-corrected chi connectivity index (χ4v) is 3.98. The zero-order valence-electron chi connectivity index (χ0n) is 14.6. The molecular weight excluding hydrogens is 354 g/mol. The van der Waals surface area contributed by atoms with E-state index in [0.717, 1.165) is 17.1 Å². The van der Waals surface area contributed by atoms with Crippen LogP contribution < -0.4 is 14.8 Å². The molecule has 0 radical (unpaired) electrons. The summed E-state index contributed by atoms with van der Waals surface area (Å²) in [5.74, 6) is 0.972. The molecule has 0 aliphatic carbocycles. The molecule has 1 heterocycles. The van der Waals surface area contributed by atoms with Crippen molar-refractivity contribution < 1.29 is 17.7 Å². The van der Waals surface area contributed by atoms with Crippen LogP contribution in [0.15, 0.2) is 57.9 Å². The van der Waals surface area contributed by atoms with Crippen molar-refractivity contribution in [3.8, 4) is 5.75 Å². The van der Waals surface area contributed by atoms with Crippen LogP contribution in [-0.2, 0) is 10.0 Å². The number of hydrogen-bond donors (Lipinski definition) is 2. The molecule has 0 aliphatic heterocycles. The van der Waals surface area contributed by atoms with E-state index in [-0.39, 0.29) is 10.7 Å². The Bertz CT molecular complexity index is 992. The first-order chi connectivity index (χ1) is 12.4. The number of anilines is 3. The molecule has 1 aromatic heterocycles. The number of nitrogens with zero attached hydrogens (tertiary/aromatic N) is 1. The molecule has 0 saturated carbocycles. The zero-order chi connectivity index (χ0) is 18.7. The third-order valence-electron chi connectivity index (χ3n) is 3.76. The Labute approximate surface area is 152 Å². The highest BCUT2D eigenvalue weighted by Gasteiger charge is 2.24. The SMILES string of the molecule is COc1ccccc1Nc1ccc(NS(=O)(=O)c2c(C)noc2C)cc1. The quantitative estimate of drug-likeness (QED) is 0.682. The number of hydrogen-bond acceptors (Lipinski definition) is 6. The van der Waals surface area contributed by atoms with Gasteiger partial charge in [-0.05, 0) is 50.2 Å². The number of aromatic nitrogens is 1. The van der Waals surface area contributed by atoms with Crippen LogP contribution in [0.2, 0.25) is 0 Å². The molecule has 0 saturated heterocycles. The Morgan fingerprint density at radius 2 is 1.65 bits per heavy atom. The van der Waals surface area contributed by atoms with E-state index in [0.29, 0.717) is 11.4 Å². The Morgan fingerprint density at radius 3 is 2.27 bits per heavy atom. The lowest BCUT2D eigenvalue weighted by Gasteiger charge is -2.12. The largest absolute Gasteiger partial charge is 0.495 e. The number of benzene rings is 2. The number of nitrogens with one attached hydrogen (secondary N) is 2. The fraction of sp³-hybridized carbons (Fsp3) is 0.167. The summed E-state index contributed by atoms with van der Waals surface area (Å²) in [7, 11) is -2.16. The molecular formula is C18H19N3O4S. The Kier molecular flexibility index (Phi) is 4.85. The number of rotatable bonds is 6. The molecule has 7 nitrogen and oxygen atoms in total. The van der Waals surface area contributed by atoms with Crippen LogP contribution in [-0.4, -0.2) is 20.7 Å². The second-order valence-electron chi connectivity index (χ2n) is 5.66. The Morgan fingerprint density at radius 1 is 1.00 bits per heavy atom. The first-order valence-electron chi connectivity index (χ1n) is 7.86. The highest BCUT2D eigenvalue weighted by atomic mass is 32.2. The molecule has 0 aliphatic rings. The highest BCUT2D eigenvalue weighted by molar-refractivity contribution is 7.92. The van der Waals surface area contributed by atoms with E-state index in [1.807, 2.05) is 24.3 Å². The predicted octanol–water partition coefficient (Wildman–Crippen LogP) is 3.84. The summed E-state index contributed by atoms with van der Waals surface area (Å²) < 4.78 is 37.8. The maximum atomic E-state index is 12.5. The van der Waals surface area contributed by atoms with E-state index in [1.54, 1.807) is 45.2 Å². The van der Waals surface area contributed by atoms with Crippen molar-refractivity contribution in [3.63, 3.8) is 0 Å². The van der Waals surface area contributed by atoms with Gasteiger partial charge in [0.15, 0.2) is 10.7 Å². The molecule has 0 bridgehead atoms. The van der Waals surface area contributed by atoms with Crippen molar-refractivity contribution in [2.24, 2.45) is 0 Å². The van der Waals surface area contributed by atoms with Crippen molar-refractivity contribution in [1.82, 2.24) is 5.16 Å². The molecule has 26 heavy (non-hydrogen) atoms. The second kappa shape index (κ2) is 7.09. The number of methoxy groups -OCH3 is 1. The average Bonchev–Trinajstić information content (AvgIpc) is 2.96. The van der Waals surface area contributed by atoms with Crippen molar-refractivity contribution >= 4 is 27.1 Å². The fourth-order valence-electron chi connectivity index (χ4n) is 2.59. The maximum absolute atomic E-state index is 12.5. The van der Waals surface area contributed by atoms with Gasteiger partial charge in [0.2, 0.25) is 0 Å². The van der Waals surface area contributed by atoms with Gasteiger partial charge in [0.05, 0.1) is 12.8 Å². The predicted molar refractivity (Wildman–Crippen MR) is 99.5 cm³/mol. The summed E-state index contributed by atoms with van der Waals surface area (Å²) >= 11 is 0. The van der Waals surface area contributed by atoms with Crippen molar-refractivity contribution in [2.45, 2.75) is 18.7 Å². The minimum Gasteiger partial charge on any atom is -0.495 e. The van der Waals surface area contributed by atoms with Gasteiger partial charge in [-0.1, -0.05) is 17.3 Å². The number of sulfonamides is 1. The molecule has 0 amide bonds. The topological polar surface area (TPSA) is 93.5 Å². The van der Waals surface area contributed by atoms with Gasteiger partial charge in [-0.15, -0.1) is 0 Å². The smallest absolute Gasteiger partial charge is 0.267 e. The molecule has 0 fully saturated rings. The molecule has 3 rings (SSSR count). The zero-order valence-corrected chi connectivity index (χ0v) is 15.4. The lowest BCUT2D eigenvalue weighted by Crippen LogP contribution is -2.14. The van der Waals surface area contributed by atoms with Gasteiger partial charge < -0.3 is 14.6 Å². The molecule has 8 heteroatoms. The monoisotopic (exact) mass is 373 g/mol. The van der Waals surface area contributed by atoms with Gasteiger partial charge in [-0.25, -0.2) is 8.42 Å². The lowest BCUT2D eigenvalue weighted by atomic mass is 10.2. The summed E-state index contributed by atoms with van der Waals surface area (Å²) in [6.07, 6.45) is 0. The van der Waals surface area contributed by atoms with Crippen molar-refractivity contribution in [3.05, 3.63) is 60.0 Å². The van der Waals surface area contributed by atoms with E-state index in [4.69, 9.17) is 9.26 Å². The van der Waals surface area contributed by atoms with Crippen LogP contribution in [0.1, 0.15) is 11.5 Å². The van der Waals surface area contributed by atoms with Gasteiger partial charge in [0, 0.05) is 11.4 Å². The minimum absolute atomic E-state index is 0.0636. The summed E-state index contributed by atoms with van der Waals surface area (Å²) in [5, 5.41) is 6.92.